The Balaban J connectivity index is 0.00000180. The first kappa shape index (κ1) is 17.5. The van der Waals surface area contributed by atoms with Crippen LogP contribution in [0, 0.1) is 17.2 Å². The van der Waals surface area contributed by atoms with Crippen molar-refractivity contribution in [2.75, 3.05) is 18.4 Å². The summed E-state index contributed by atoms with van der Waals surface area (Å²) in [5.74, 6) is 0.922. The van der Waals surface area contributed by atoms with Crippen LogP contribution in [0.5, 0.6) is 0 Å². The summed E-state index contributed by atoms with van der Waals surface area (Å²) in [4.78, 5) is 0. The van der Waals surface area contributed by atoms with Crippen LogP contribution in [-0.2, 0) is 0 Å². The first-order valence-electron chi connectivity index (χ1n) is 8.73. The van der Waals surface area contributed by atoms with Crippen molar-refractivity contribution in [3.05, 3.63) is 46.8 Å². The zero-order valence-corrected chi connectivity index (χ0v) is 15.2. The van der Waals surface area contributed by atoms with Gasteiger partial charge in [0.15, 0.2) is 0 Å². The number of hydrogen-bond donors (Lipinski definition) is 3. The third-order valence-corrected chi connectivity index (χ3v) is 5.31. The molecular formula is C18H18ClN7O. The standard InChI is InChI=1S/C18H17N7O.ClH/c19-8-12-15(11-2-1-3-14-17(11)25-26-24-14)13-9-21-23-18(13)22-16(12)10-4-6-20-7-5-10;/h1-3,9-10,15,20H,4-7H2,(H2,21,22,23);1H. The molecule has 3 aromatic rings. The van der Waals surface area contributed by atoms with Gasteiger partial charge in [0.05, 0.1) is 23.8 Å². The summed E-state index contributed by atoms with van der Waals surface area (Å²) in [6.07, 6.45) is 3.77. The lowest BCUT2D eigenvalue weighted by molar-refractivity contribution is 0.315. The van der Waals surface area contributed by atoms with Crippen molar-refractivity contribution in [1.29, 1.82) is 5.26 Å². The Morgan fingerprint density at radius 3 is 2.81 bits per heavy atom. The van der Waals surface area contributed by atoms with Crippen LogP contribution in [0.15, 0.2) is 40.3 Å². The number of nitrogens with zero attached hydrogens (tertiary/aromatic N) is 4. The van der Waals surface area contributed by atoms with E-state index in [0.717, 1.165) is 54.1 Å². The molecule has 2 aliphatic rings. The number of halogens is 1. The largest absolute Gasteiger partial charge is 0.343 e. The number of anilines is 1. The molecule has 1 fully saturated rings. The summed E-state index contributed by atoms with van der Waals surface area (Å²) in [5, 5.41) is 32.1. The minimum Gasteiger partial charge on any atom is -0.343 e. The molecule has 27 heavy (non-hydrogen) atoms. The highest BCUT2D eigenvalue weighted by Gasteiger charge is 2.35. The number of aromatic amines is 1. The average Bonchev–Trinajstić information content (AvgIpc) is 3.36. The number of nitrogens with one attached hydrogen (secondary N) is 3. The van der Waals surface area contributed by atoms with Crippen LogP contribution >= 0.6 is 12.4 Å². The lowest BCUT2D eigenvalue weighted by atomic mass is 9.79. The summed E-state index contributed by atoms with van der Waals surface area (Å²) in [5.41, 5.74) is 4.94. The van der Waals surface area contributed by atoms with Crippen LogP contribution < -0.4 is 10.6 Å². The summed E-state index contributed by atoms with van der Waals surface area (Å²) >= 11 is 0. The van der Waals surface area contributed by atoms with Crippen molar-refractivity contribution >= 4 is 29.3 Å². The van der Waals surface area contributed by atoms with Gasteiger partial charge in [-0.3, -0.25) is 5.10 Å². The van der Waals surface area contributed by atoms with E-state index in [9.17, 15) is 5.26 Å². The van der Waals surface area contributed by atoms with Gasteiger partial charge in [0, 0.05) is 17.2 Å². The second-order valence-corrected chi connectivity index (χ2v) is 6.70. The zero-order valence-electron chi connectivity index (χ0n) is 14.4. The van der Waals surface area contributed by atoms with E-state index in [4.69, 9.17) is 4.63 Å². The van der Waals surface area contributed by atoms with Crippen LogP contribution in [0.2, 0.25) is 0 Å². The molecule has 0 bridgehead atoms. The number of nitriles is 1. The van der Waals surface area contributed by atoms with Gasteiger partial charge in [-0.05, 0) is 47.9 Å². The van der Waals surface area contributed by atoms with E-state index in [0.29, 0.717) is 17.0 Å². The zero-order chi connectivity index (χ0) is 17.5. The second-order valence-electron chi connectivity index (χ2n) is 6.70. The van der Waals surface area contributed by atoms with E-state index in [1.54, 1.807) is 6.20 Å². The van der Waals surface area contributed by atoms with Crippen LogP contribution in [0.25, 0.3) is 11.0 Å². The summed E-state index contributed by atoms with van der Waals surface area (Å²) < 4.78 is 4.93. The lowest BCUT2D eigenvalue weighted by Crippen LogP contribution is -2.32. The van der Waals surface area contributed by atoms with Crippen LogP contribution in [0.4, 0.5) is 5.82 Å². The third kappa shape index (κ3) is 2.76. The van der Waals surface area contributed by atoms with Gasteiger partial charge in [0.25, 0.3) is 0 Å². The second kappa shape index (κ2) is 7.02. The highest BCUT2D eigenvalue weighted by molar-refractivity contribution is 5.85. The van der Waals surface area contributed by atoms with Gasteiger partial charge in [-0.1, -0.05) is 12.1 Å². The molecule has 138 valence electrons. The maximum Gasteiger partial charge on any atom is 0.139 e. The van der Waals surface area contributed by atoms with Crippen molar-refractivity contribution in [1.82, 2.24) is 25.8 Å². The summed E-state index contributed by atoms with van der Waals surface area (Å²) in [6, 6.07) is 8.22. The Hall–Kier alpha value is -2.89. The number of allylic oxidation sites excluding steroid dienone is 2. The number of piperidine rings is 1. The van der Waals surface area contributed by atoms with Gasteiger partial charge in [-0.15, -0.1) is 12.4 Å². The number of rotatable bonds is 2. The average molecular weight is 384 g/mol. The van der Waals surface area contributed by atoms with Crippen molar-refractivity contribution in [3.8, 4) is 6.07 Å². The topological polar surface area (TPSA) is 115 Å². The van der Waals surface area contributed by atoms with E-state index < -0.39 is 0 Å². The summed E-state index contributed by atoms with van der Waals surface area (Å²) in [7, 11) is 0. The molecule has 1 saturated heterocycles. The molecule has 0 radical (unpaired) electrons. The van der Waals surface area contributed by atoms with E-state index in [1.165, 1.54) is 0 Å². The van der Waals surface area contributed by atoms with Crippen molar-refractivity contribution in [3.63, 3.8) is 0 Å². The van der Waals surface area contributed by atoms with E-state index in [-0.39, 0.29) is 18.3 Å². The molecule has 2 aromatic heterocycles. The maximum absolute atomic E-state index is 10.1. The van der Waals surface area contributed by atoms with Gasteiger partial charge >= 0.3 is 0 Å². The molecule has 1 atom stereocenters. The van der Waals surface area contributed by atoms with Crippen molar-refractivity contribution in [2.45, 2.75) is 18.8 Å². The molecule has 2 aliphatic heterocycles. The summed E-state index contributed by atoms with van der Waals surface area (Å²) in [6.45, 7) is 1.91. The number of fused-ring (bicyclic) bond motifs is 2. The molecule has 5 rings (SSSR count). The Morgan fingerprint density at radius 2 is 2.00 bits per heavy atom. The minimum atomic E-state index is -0.240. The fraction of sp³-hybridized carbons (Fsp3) is 0.333. The molecule has 3 N–H and O–H groups in total. The molecule has 1 aromatic carbocycles. The van der Waals surface area contributed by atoms with Crippen LogP contribution in [-0.4, -0.2) is 33.6 Å². The molecule has 8 nitrogen and oxygen atoms in total. The van der Waals surface area contributed by atoms with E-state index in [2.05, 4.69) is 37.2 Å². The van der Waals surface area contributed by atoms with E-state index in [1.807, 2.05) is 18.2 Å². The van der Waals surface area contributed by atoms with Crippen molar-refractivity contribution in [2.24, 2.45) is 5.92 Å². The van der Waals surface area contributed by atoms with Crippen LogP contribution in [0.3, 0.4) is 0 Å². The molecule has 0 saturated carbocycles. The maximum atomic E-state index is 10.1. The van der Waals surface area contributed by atoms with Crippen LogP contribution in [0.1, 0.15) is 29.9 Å². The molecule has 0 aliphatic carbocycles. The Bertz CT molecular complexity index is 1040. The molecular weight excluding hydrogens is 366 g/mol. The third-order valence-electron chi connectivity index (χ3n) is 5.31. The smallest absolute Gasteiger partial charge is 0.139 e. The molecule has 9 heteroatoms. The van der Waals surface area contributed by atoms with Gasteiger partial charge in [-0.25, -0.2) is 4.63 Å². The SMILES string of the molecule is Cl.N#CC1=C(C2CCNCC2)Nc2[nH]ncc2C1c1cccc2nonc12. The normalized spacial score (nSPS) is 19.9. The Kier molecular flexibility index (Phi) is 4.56. The van der Waals surface area contributed by atoms with E-state index >= 15 is 0 Å². The van der Waals surface area contributed by atoms with Gasteiger partial charge < -0.3 is 10.6 Å². The Labute approximate surface area is 161 Å². The molecule has 0 amide bonds. The first-order valence-corrected chi connectivity index (χ1v) is 8.73. The number of benzene rings is 1. The molecule has 1 unspecified atom stereocenters. The monoisotopic (exact) mass is 383 g/mol. The minimum absolute atomic E-state index is 0. The fourth-order valence-electron chi connectivity index (χ4n) is 4.07. The fourth-order valence-corrected chi connectivity index (χ4v) is 4.07. The highest BCUT2D eigenvalue weighted by atomic mass is 35.5. The van der Waals surface area contributed by atoms with Gasteiger partial charge in [0.2, 0.25) is 0 Å². The number of H-pyrrole nitrogens is 1. The molecule has 0 spiro atoms. The number of hydrogen-bond acceptors (Lipinski definition) is 7. The van der Waals surface area contributed by atoms with Crippen molar-refractivity contribution < 1.29 is 4.63 Å². The van der Waals surface area contributed by atoms with Gasteiger partial charge in [0.1, 0.15) is 16.9 Å². The number of aromatic nitrogens is 4. The predicted octanol–water partition coefficient (Wildman–Crippen LogP) is 2.70. The highest BCUT2D eigenvalue weighted by Crippen LogP contribution is 2.44. The first-order chi connectivity index (χ1) is 12.9. The predicted molar refractivity (Wildman–Crippen MR) is 101 cm³/mol. The Morgan fingerprint density at radius 1 is 1.15 bits per heavy atom. The van der Waals surface area contributed by atoms with Gasteiger partial charge in [-0.2, -0.15) is 10.4 Å². The molecule has 4 heterocycles. The quantitative estimate of drug-likeness (QED) is 0.623. The lowest BCUT2D eigenvalue weighted by Gasteiger charge is -2.32.